The van der Waals surface area contributed by atoms with Gasteiger partial charge in [0, 0.05) is 44.0 Å². The summed E-state index contributed by atoms with van der Waals surface area (Å²) in [6.07, 6.45) is 1.44. The molecule has 2 heterocycles. The summed E-state index contributed by atoms with van der Waals surface area (Å²) in [5.74, 6) is -0.127. The number of anilines is 1. The third kappa shape index (κ3) is 2.77. The van der Waals surface area contributed by atoms with Gasteiger partial charge in [-0.15, -0.1) is 0 Å². The van der Waals surface area contributed by atoms with Crippen molar-refractivity contribution in [2.24, 2.45) is 19.1 Å². The van der Waals surface area contributed by atoms with Gasteiger partial charge in [0.15, 0.2) is 5.65 Å². The summed E-state index contributed by atoms with van der Waals surface area (Å²) in [4.78, 5) is 33.4. The molecular formula is C18H18FN5O3. The van der Waals surface area contributed by atoms with Crippen molar-refractivity contribution >= 4 is 23.1 Å². The number of aryl methyl sites for hydroxylation is 1. The zero-order valence-electron chi connectivity index (χ0n) is 15.3. The number of fused-ring (bicyclic) bond motifs is 1. The Labute approximate surface area is 153 Å². The van der Waals surface area contributed by atoms with E-state index in [0.717, 1.165) is 4.57 Å². The zero-order chi connectivity index (χ0) is 19.9. The number of benzene rings is 1. The Morgan fingerprint density at radius 1 is 1.26 bits per heavy atom. The van der Waals surface area contributed by atoms with Crippen LogP contribution < -0.4 is 21.7 Å². The van der Waals surface area contributed by atoms with Gasteiger partial charge in [0.1, 0.15) is 17.4 Å². The summed E-state index contributed by atoms with van der Waals surface area (Å²) in [5.41, 5.74) is 6.00. The summed E-state index contributed by atoms with van der Waals surface area (Å²) in [5, 5.41) is 0.118. The number of nitrogens with two attached hydrogens (primary N) is 1. The Kier molecular flexibility index (Phi) is 4.52. The zero-order valence-corrected chi connectivity index (χ0v) is 15.3. The van der Waals surface area contributed by atoms with Crippen LogP contribution in [0.2, 0.25) is 0 Å². The minimum atomic E-state index is -0.576. The number of aliphatic imine (C=N–C) groups is 1. The molecule has 0 atom stereocenters. The van der Waals surface area contributed by atoms with Crippen LogP contribution in [-0.2, 0) is 14.1 Å². The lowest BCUT2D eigenvalue weighted by molar-refractivity contribution is 0.415. The Hall–Kier alpha value is -3.49. The van der Waals surface area contributed by atoms with E-state index in [2.05, 4.69) is 9.98 Å². The Bertz CT molecular complexity index is 1210. The van der Waals surface area contributed by atoms with Gasteiger partial charge >= 0.3 is 5.69 Å². The maximum Gasteiger partial charge on any atom is 0.332 e. The van der Waals surface area contributed by atoms with E-state index in [0.29, 0.717) is 22.4 Å². The molecule has 0 aliphatic rings. The van der Waals surface area contributed by atoms with Crippen LogP contribution in [-0.4, -0.2) is 34.5 Å². The number of methoxy groups -OCH3 is 1. The Morgan fingerprint density at radius 3 is 2.59 bits per heavy atom. The molecule has 0 spiro atoms. The van der Waals surface area contributed by atoms with Crippen molar-refractivity contribution in [1.29, 1.82) is 0 Å². The van der Waals surface area contributed by atoms with Gasteiger partial charge in [0.2, 0.25) is 0 Å². The number of hydrogen-bond acceptors (Lipinski definition) is 6. The quantitative estimate of drug-likeness (QED) is 0.694. The Balaban J connectivity index is 2.69. The van der Waals surface area contributed by atoms with Crippen LogP contribution in [0.4, 0.5) is 10.2 Å². The molecule has 3 aromatic rings. The van der Waals surface area contributed by atoms with E-state index in [4.69, 9.17) is 10.5 Å². The van der Waals surface area contributed by atoms with E-state index in [1.807, 2.05) is 0 Å². The monoisotopic (exact) mass is 371 g/mol. The van der Waals surface area contributed by atoms with Crippen molar-refractivity contribution in [3.05, 3.63) is 50.4 Å². The van der Waals surface area contributed by atoms with Crippen LogP contribution in [0.5, 0.6) is 5.75 Å². The summed E-state index contributed by atoms with van der Waals surface area (Å²) in [7, 11) is 5.82. The van der Waals surface area contributed by atoms with Crippen molar-refractivity contribution in [2.75, 3.05) is 19.9 Å². The summed E-state index contributed by atoms with van der Waals surface area (Å²) in [6, 6.07) is 3.94. The molecule has 8 nitrogen and oxygen atoms in total. The van der Waals surface area contributed by atoms with E-state index < -0.39 is 17.1 Å². The fourth-order valence-electron chi connectivity index (χ4n) is 3.04. The first kappa shape index (κ1) is 18.3. The smallest absolute Gasteiger partial charge is 0.332 e. The van der Waals surface area contributed by atoms with Crippen molar-refractivity contribution in [1.82, 2.24) is 14.1 Å². The number of halogens is 1. The highest BCUT2D eigenvalue weighted by molar-refractivity contribution is 6.07. The second kappa shape index (κ2) is 6.67. The van der Waals surface area contributed by atoms with Gasteiger partial charge in [-0.3, -0.25) is 18.9 Å². The largest absolute Gasteiger partial charge is 0.496 e. The third-order valence-corrected chi connectivity index (χ3v) is 4.34. The topological polar surface area (TPSA) is 104 Å². The highest BCUT2D eigenvalue weighted by Gasteiger charge is 2.23. The maximum atomic E-state index is 14.0. The standard InChI is InChI=1S/C18H18FN5O3/c1-21-8-11-13(10-7-9(19)5-6-12(10)27-4)14-16(22-15(11)20)23(2)18(26)24(3)17(14)25/h5-8H,1-4H3,(H2,20,22). The van der Waals surface area contributed by atoms with Crippen molar-refractivity contribution < 1.29 is 9.13 Å². The van der Waals surface area contributed by atoms with Gasteiger partial charge in [-0.1, -0.05) is 0 Å². The van der Waals surface area contributed by atoms with E-state index >= 15 is 0 Å². The molecule has 0 aliphatic carbocycles. The van der Waals surface area contributed by atoms with Crippen LogP contribution in [0.15, 0.2) is 32.8 Å². The average Bonchev–Trinajstić information content (AvgIpc) is 2.65. The van der Waals surface area contributed by atoms with Gasteiger partial charge in [-0.2, -0.15) is 0 Å². The average molecular weight is 371 g/mol. The van der Waals surface area contributed by atoms with Gasteiger partial charge in [-0.05, 0) is 18.2 Å². The molecule has 2 aromatic heterocycles. The first-order valence-electron chi connectivity index (χ1n) is 7.97. The third-order valence-electron chi connectivity index (χ3n) is 4.34. The fourth-order valence-corrected chi connectivity index (χ4v) is 3.04. The summed E-state index contributed by atoms with van der Waals surface area (Å²) in [6.45, 7) is 0. The number of ether oxygens (including phenoxy) is 1. The molecule has 2 N–H and O–H groups in total. The minimum absolute atomic E-state index is 0.0534. The SMILES string of the molecule is CN=Cc1c(N)nc2c(c1-c1cc(F)ccc1OC)c(=O)n(C)c(=O)n2C. The molecule has 0 radical (unpaired) electrons. The number of aromatic nitrogens is 3. The molecule has 0 bridgehead atoms. The molecule has 0 saturated heterocycles. The maximum absolute atomic E-state index is 14.0. The number of rotatable bonds is 3. The van der Waals surface area contributed by atoms with Crippen LogP contribution in [0.1, 0.15) is 5.56 Å². The lowest BCUT2D eigenvalue weighted by Gasteiger charge is -2.17. The van der Waals surface area contributed by atoms with E-state index in [1.165, 1.54) is 57.2 Å². The van der Waals surface area contributed by atoms with Crippen LogP contribution >= 0.6 is 0 Å². The number of nitrogen functional groups attached to an aromatic ring is 1. The van der Waals surface area contributed by atoms with Crippen molar-refractivity contribution in [3.63, 3.8) is 0 Å². The van der Waals surface area contributed by atoms with Crippen LogP contribution in [0.25, 0.3) is 22.2 Å². The molecule has 0 unspecified atom stereocenters. The number of pyridine rings is 1. The van der Waals surface area contributed by atoms with E-state index in [-0.39, 0.29) is 16.9 Å². The molecule has 9 heteroatoms. The van der Waals surface area contributed by atoms with Crippen LogP contribution in [0, 0.1) is 5.82 Å². The predicted octanol–water partition coefficient (Wildman–Crippen LogP) is 1.08. The normalized spacial score (nSPS) is 11.4. The second-order valence-corrected chi connectivity index (χ2v) is 5.92. The lowest BCUT2D eigenvalue weighted by Crippen LogP contribution is -2.37. The number of hydrogen-bond donors (Lipinski definition) is 1. The summed E-state index contributed by atoms with van der Waals surface area (Å²) >= 11 is 0. The van der Waals surface area contributed by atoms with Gasteiger partial charge in [0.05, 0.1) is 12.5 Å². The first-order chi connectivity index (χ1) is 12.8. The lowest BCUT2D eigenvalue weighted by atomic mass is 9.96. The minimum Gasteiger partial charge on any atom is -0.496 e. The fraction of sp³-hybridized carbons (Fsp3) is 0.222. The highest BCUT2D eigenvalue weighted by atomic mass is 19.1. The van der Waals surface area contributed by atoms with Crippen molar-refractivity contribution in [2.45, 2.75) is 0 Å². The van der Waals surface area contributed by atoms with Crippen molar-refractivity contribution in [3.8, 4) is 16.9 Å². The number of nitrogens with zero attached hydrogens (tertiary/aromatic N) is 4. The molecule has 0 amide bonds. The second-order valence-electron chi connectivity index (χ2n) is 5.92. The van der Waals surface area contributed by atoms with Gasteiger partial charge in [0.25, 0.3) is 5.56 Å². The highest BCUT2D eigenvalue weighted by Crippen LogP contribution is 2.37. The molecule has 0 fully saturated rings. The molecule has 140 valence electrons. The first-order valence-corrected chi connectivity index (χ1v) is 7.97. The van der Waals surface area contributed by atoms with E-state index in [9.17, 15) is 14.0 Å². The van der Waals surface area contributed by atoms with Gasteiger partial charge < -0.3 is 10.5 Å². The van der Waals surface area contributed by atoms with Crippen LogP contribution in [0.3, 0.4) is 0 Å². The van der Waals surface area contributed by atoms with E-state index in [1.54, 1.807) is 0 Å². The predicted molar refractivity (Wildman–Crippen MR) is 102 cm³/mol. The molecule has 0 aliphatic heterocycles. The van der Waals surface area contributed by atoms with Gasteiger partial charge in [-0.25, -0.2) is 14.2 Å². The molecule has 27 heavy (non-hydrogen) atoms. The molecule has 1 aromatic carbocycles. The summed E-state index contributed by atoms with van der Waals surface area (Å²) < 4.78 is 21.6. The molecule has 3 rings (SSSR count). The molecular weight excluding hydrogens is 353 g/mol. The Morgan fingerprint density at radius 2 is 1.96 bits per heavy atom. The molecule has 0 saturated carbocycles.